The molecule has 3 aromatic rings. The summed E-state index contributed by atoms with van der Waals surface area (Å²) >= 11 is 1.62. The van der Waals surface area contributed by atoms with Gasteiger partial charge in [0.1, 0.15) is 5.01 Å². The number of nitro benzene ring substituents is 1. The molecule has 1 fully saturated rings. The molecule has 0 saturated carbocycles. The molecule has 1 atom stereocenters. The topological polar surface area (TPSA) is 88.4 Å². The summed E-state index contributed by atoms with van der Waals surface area (Å²) in [4.78, 5) is 29.4. The predicted molar refractivity (Wildman–Crippen MR) is 100 cm³/mol. The van der Waals surface area contributed by atoms with Crippen LogP contribution in [-0.4, -0.2) is 27.4 Å². The molecule has 0 aliphatic carbocycles. The van der Waals surface area contributed by atoms with Crippen LogP contribution in [0.15, 0.2) is 48.5 Å². The Morgan fingerprint density at radius 3 is 2.73 bits per heavy atom. The summed E-state index contributed by atoms with van der Waals surface area (Å²) < 4.78 is 1.12. The van der Waals surface area contributed by atoms with Crippen LogP contribution in [0.4, 0.5) is 16.2 Å². The monoisotopic (exact) mass is 368 g/mol. The molecule has 4 rings (SSSR count). The number of thiazole rings is 1. The number of carbonyl (C=O) groups excluding carboxylic acids is 1. The van der Waals surface area contributed by atoms with Gasteiger partial charge in [-0.2, -0.15) is 0 Å². The van der Waals surface area contributed by atoms with E-state index >= 15 is 0 Å². The van der Waals surface area contributed by atoms with E-state index in [2.05, 4.69) is 10.3 Å². The van der Waals surface area contributed by atoms with Crippen molar-refractivity contribution >= 4 is 39.0 Å². The maximum atomic E-state index is 12.7. The van der Waals surface area contributed by atoms with Gasteiger partial charge in [-0.3, -0.25) is 10.1 Å². The van der Waals surface area contributed by atoms with E-state index in [4.69, 9.17) is 0 Å². The summed E-state index contributed by atoms with van der Waals surface area (Å²) in [6, 6.07) is 13.5. The Bertz CT molecular complexity index is 937. The summed E-state index contributed by atoms with van der Waals surface area (Å²) in [5.74, 6) is 0. The third-order valence-electron chi connectivity index (χ3n) is 4.44. The molecule has 2 aromatic carbocycles. The number of carbonyl (C=O) groups is 1. The molecule has 132 valence electrons. The number of anilines is 1. The van der Waals surface area contributed by atoms with E-state index in [-0.39, 0.29) is 17.8 Å². The van der Waals surface area contributed by atoms with Crippen LogP contribution in [0.1, 0.15) is 23.9 Å². The number of non-ortho nitro benzene ring substituents is 1. The van der Waals surface area contributed by atoms with E-state index in [0.29, 0.717) is 12.2 Å². The fourth-order valence-electron chi connectivity index (χ4n) is 3.16. The average molecular weight is 368 g/mol. The van der Waals surface area contributed by atoms with E-state index < -0.39 is 4.92 Å². The summed E-state index contributed by atoms with van der Waals surface area (Å²) in [5, 5.41) is 14.5. The van der Waals surface area contributed by atoms with Crippen molar-refractivity contribution in [1.82, 2.24) is 9.88 Å². The van der Waals surface area contributed by atoms with Crippen molar-refractivity contribution in [3.8, 4) is 0 Å². The second-order valence-corrected chi connectivity index (χ2v) is 7.17. The summed E-state index contributed by atoms with van der Waals surface area (Å²) in [6.07, 6.45) is 1.81. The number of amides is 2. The van der Waals surface area contributed by atoms with Crippen LogP contribution in [0.2, 0.25) is 0 Å². The smallest absolute Gasteiger partial charge is 0.315 e. The second-order valence-electron chi connectivity index (χ2n) is 6.11. The molecule has 7 nitrogen and oxygen atoms in total. The molecule has 2 heterocycles. The Kier molecular flexibility index (Phi) is 4.26. The van der Waals surface area contributed by atoms with Crippen molar-refractivity contribution in [3.63, 3.8) is 0 Å². The molecule has 1 aliphatic heterocycles. The molecule has 0 bridgehead atoms. The summed E-state index contributed by atoms with van der Waals surface area (Å²) in [5.41, 5.74) is 1.49. The van der Waals surface area contributed by atoms with Gasteiger partial charge < -0.3 is 10.2 Å². The van der Waals surface area contributed by atoms with E-state index in [1.54, 1.807) is 28.4 Å². The number of para-hydroxylation sites is 1. The minimum Gasteiger partial charge on any atom is -0.315 e. The van der Waals surface area contributed by atoms with Gasteiger partial charge >= 0.3 is 6.03 Å². The number of likely N-dealkylation sites (tertiary alicyclic amines) is 1. The number of urea groups is 1. The molecule has 26 heavy (non-hydrogen) atoms. The lowest BCUT2D eigenvalue weighted by atomic mass is 10.2. The summed E-state index contributed by atoms with van der Waals surface area (Å²) in [6.45, 7) is 0.666. The number of rotatable bonds is 3. The van der Waals surface area contributed by atoms with Crippen molar-refractivity contribution < 1.29 is 9.72 Å². The molecule has 1 aromatic heterocycles. The van der Waals surface area contributed by atoms with Crippen LogP contribution < -0.4 is 5.32 Å². The number of hydrogen-bond donors (Lipinski definition) is 1. The van der Waals surface area contributed by atoms with Gasteiger partial charge in [0.05, 0.1) is 21.2 Å². The zero-order valence-electron chi connectivity index (χ0n) is 13.8. The van der Waals surface area contributed by atoms with Crippen molar-refractivity contribution in [3.05, 3.63) is 63.7 Å². The highest BCUT2D eigenvalue weighted by molar-refractivity contribution is 7.18. The third-order valence-corrected chi connectivity index (χ3v) is 5.58. The first-order valence-corrected chi connectivity index (χ1v) is 9.11. The quantitative estimate of drug-likeness (QED) is 0.541. The van der Waals surface area contributed by atoms with Gasteiger partial charge in [0.2, 0.25) is 0 Å². The minimum absolute atomic E-state index is 0.00322. The fourth-order valence-corrected chi connectivity index (χ4v) is 4.28. The number of nitrogens with zero attached hydrogens (tertiary/aromatic N) is 3. The standard InChI is InChI=1S/C18H16N4O3S/c23-18(19-12-7-9-13(10-8-12)22(24)25)21-11-3-5-15(21)17-20-14-4-1-2-6-16(14)26-17/h1-2,4,6-10,15H,3,5,11H2,(H,19,23)/t15-/m0/s1. The zero-order chi connectivity index (χ0) is 18.1. The van der Waals surface area contributed by atoms with Gasteiger partial charge in [-0.25, -0.2) is 9.78 Å². The largest absolute Gasteiger partial charge is 0.322 e. The van der Waals surface area contributed by atoms with Gasteiger partial charge in [-0.1, -0.05) is 12.1 Å². The minimum atomic E-state index is -0.463. The van der Waals surface area contributed by atoms with Gasteiger partial charge in [0.25, 0.3) is 5.69 Å². The molecular weight excluding hydrogens is 352 g/mol. The molecule has 1 saturated heterocycles. The Morgan fingerprint density at radius 1 is 1.23 bits per heavy atom. The Balaban J connectivity index is 1.52. The van der Waals surface area contributed by atoms with Crippen molar-refractivity contribution in [1.29, 1.82) is 0 Å². The lowest BCUT2D eigenvalue weighted by Gasteiger charge is -2.23. The highest BCUT2D eigenvalue weighted by Crippen LogP contribution is 2.36. The number of nitrogens with one attached hydrogen (secondary N) is 1. The van der Waals surface area contributed by atoms with Crippen LogP contribution in [0, 0.1) is 10.1 Å². The van der Waals surface area contributed by atoms with Gasteiger partial charge in [-0.15, -0.1) is 11.3 Å². The maximum Gasteiger partial charge on any atom is 0.322 e. The third kappa shape index (κ3) is 3.11. The molecular formula is C18H16N4O3S. The molecule has 8 heteroatoms. The van der Waals surface area contributed by atoms with E-state index in [9.17, 15) is 14.9 Å². The van der Waals surface area contributed by atoms with E-state index in [0.717, 1.165) is 28.1 Å². The lowest BCUT2D eigenvalue weighted by Crippen LogP contribution is -2.34. The predicted octanol–water partition coefficient (Wildman–Crippen LogP) is 4.57. The van der Waals surface area contributed by atoms with Crippen molar-refractivity contribution in [2.24, 2.45) is 0 Å². The molecule has 2 amide bonds. The number of hydrogen-bond acceptors (Lipinski definition) is 5. The number of benzene rings is 2. The Labute approximate surface area is 153 Å². The SMILES string of the molecule is O=C(Nc1ccc([N+](=O)[O-])cc1)N1CCC[C@H]1c1nc2ccccc2s1. The highest BCUT2D eigenvalue weighted by Gasteiger charge is 2.32. The first kappa shape index (κ1) is 16.5. The lowest BCUT2D eigenvalue weighted by molar-refractivity contribution is -0.384. The Hall–Kier alpha value is -3.00. The maximum absolute atomic E-state index is 12.7. The van der Waals surface area contributed by atoms with Gasteiger partial charge in [0.15, 0.2) is 0 Å². The molecule has 1 N–H and O–H groups in total. The van der Waals surface area contributed by atoms with Gasteiger partial charge in [0, 0.05) is 24.4 Å². The van der Waals surface area contributed by atoms with E-state index in [1.165, 1.54) is 12.1 Å². The molecule has 0 spiro atoms. The highest BCUT2D eigenvalue weighted by atomic mass is 32.1. The van der Waals surface area contributed by atoms with Crippen molar-refractivity contribution in [2.45, 2.75) is 18.9 Å². The molecule has 1 aliphatic rings. The summed E-state index contributed by atoms with van der Waals surface area (Å²) in [7, 11) is 0. The van der Waals surface area contributed by atoms with Crippen LogP contribution in [0.5, 0.6) is 0 Å². The average Bonchev–Trinajstić information content (AvgIpc) is 3.28. The van der Waals surface area contributed by atoms with Crippen LogP contribution in [0.3, 0.4) is 0 Å². The second kappa shape index (κ2) is 6.72. The normalized spacial score (nSPS) is 16.8. The first-order valence-electron chi connectivity index (χ1n) is 8.29. The van der Waals surface area contributed by atoms with Crippen LogP contribution in [0.25, 0.3) is 10.2 Å². The van der Waals surface area contributed by atoms with Crippen LogP contribution in [-0.2, 0) is 0 Å². The molecule has 0 radical (unpaired) electrons. The molecule has 0 unspecified atom stereocenters. The number of aromatic nitrogens is 1. The Morgan fingerprint density at radius 2 is 2.00 bits per heavy atom. The number of nitro groups is 1. The van der Waals surface area contributed by atoms with Crippen LogP contribution >= 0.6 is 11.3 Å². The first-order chi connectivity index (χ1) is 12.6. The van der Waals surface area contributed by atoms with E-state index in [1.807, 2.05) is 24.3 Å². The zero-order valence-corrected chi connectivity index (χ0v) is 14.6. The van der Waals surface area contributed by atoms with Crippen molar-refractivity contribution in [2.75, 3.05) is 11.9 Å². The van der Waals surface area contributed by atoms with Gasteiger partial charge in [-0.05, 0) is 37.1 Å². The fraction of sp³-hybridized carbons (Fsp3) is 0.222. The number of fused-ring (bicyclic) bond motifs is 1.